The molecule has 3 saturated heterocycles. The number of hydrogen-bond acceptors (Lipinski definition) is 12. The van der Waals surface area contributed by atoms with Gasteiger partial charge in [-0.3, -0.25) is 0 Å². The smallest absolute Gasteiger partial charge is 0.336 e. The van der Waals surface area contributed by atoms with Gasteiger partial charge in [-0.15, -0.1) is 0 Å². The molecule has 0 bridgehead atoms. The number of hydrogen-bond donors (Lipinski definition) is 1. The van der Waals surface area contributed by atoms with Crippen molar-refractivity contribution in [1.29, 1.82) is 0 Å². The predicted octanol–water partition coefficient (Wildman–Crippen LogP) is 4.01. The summed E-state index contributed by atoms with van der Waals surface area (Å²) in [6.07, 6.45) is -0.475. The van der Waals surface area contributed by atoms with Gasteiger partial charge < -0.3 is 52.5 Å². The highest BCUT2D eigenvalue weighted by atomic mass is 127. The van der Waals surface area contributed by atoms with Crippen molar-refractivity contribution < 1.29 is 57.3 Å². The summed E-state index contributed by atoms with van der Waals surface area (Å²) in [5.41, 5.74) is 1.25. The van der Waals surface area contributed by atoms with Gasteiger partial charge in [0.15, 0.2) is 17.4 Å². The van der Waals surface area contributed by atoms with Gasteiger partial charge in [0.1, 0.15) is 73.2 Å². The zero-order valence-electron chi connectivity index (χ0n) is 28.6. The molecule has 3 aliphatic heterocycles. The van der Waals surface area contributed by atoms with Crippen LogP contribution < -0.4 is 0 Å². The first kappa shape index (κ1) is 35.8. The second-order valence-corrected chi connectivity index (χ2v) is 15.7. The molecule has 0 saturated carbocycles. The SMILES string of the molecule is CCCCO[C@H]1C=C(C(=O)OC)[C@H]2OC(C)(C)O[C@H]2[C@@H]1O[C@H]1C=C(I)[C@H]2OC(C)(C)O[C@H]2[C@@H]1O[C@H]1C=C(C)[C@H]2OC(C)(C)O[C@H]2[C@@H]1O. The molecule has 0 radical (unpaired) electrons. The lowest BCUT2D eigenvalue weighted by atomic mass is 9.88. The lowest BCUT2D eigenvalue weighted by Crippen LogP contribution is -2.58. The van der Waals surface area contributed by atoms with Crippen molar-refractivity contribution in [2.24, 2.45) is 0 Å². The second-order valence-electron chi connectivity index (χ2n) is 14.4. The van der Waals surface area contributed by atoms with E-state index in [1.807, 2.05) is 46.8 Å². The fraction of sp³-hybridized carbons (Fsp3) is 0.794. The molecule has 12 atom stereocenters. The third-order valence-corrected chi connectivity index (χ3v) is 10.3. The van der Waals surface area contributed by atoms with E-state index in [1.165, 1.54) is 7.11 Å². The first-order valence-corrected chi connectivity index (χ1v) is 17.6. The summed E-state index contributed by atoms with van der Waals surface area (Å²) in [4.78, 5) is 12.9. The van der Waals surface area contributed by atoms with Gasteiger partial charge in [-0.1, -0.05) is 19.4 Å². The van der Waals surface area contributed by atoms with Gasteiger partial charge in [-0.25, -0.2) is 4.79 Å². The monoisotopic (exact) mass is 776 g/mol. The van der Waals surface area contributed by atoms with Crippen LogP contribution in [0.1, 0.15) is 68.2 Å². The Hall–Kier alpha value is -0.980. The first-order chi connectivity index (χ1) is 22.0. The van der Waals surface area contributed by atoms with Crippen molar-refractivity contribution in [2.45, 2.75) is 159 Å². The Labute approximate surface area is 290 Å². The molecule has 0 aromatic carbocycles. The topological polar surface area (TPSA) is 130 Å². The van der Waals surface area contributed by atoms with Gasteiger partial charge in [0.2, 0.25) is 0 Å². The number of fused-ring (bicyclic) bond motifs is 3. The minimum atomic E-state index is -1.01. The third-order valence-electron chi connectivity index (χ3n) is 9.34. The molecule has 0 amide bonds. The van der Waals surface area contributed by atoms with Crippen molar-refractivity contribution in [3.8, 4) is 0 Å². The first-order valence-electron chi connectivity index (χ1n) is 16.6. The van der Waals surface area contributed by atoms with Crippen LogP contribution in [0.3, 0.4) is 0 Å². The van der Waals surface area contributed by atoms with E-state index in [4.69, 9.17) is 47.4 Å². The van der Waals surface area contributed by atoms with E-state index >= 15 is 0 Å². The Balaban J connectivity index is 1.35. The van der Waals surface area contributed by atoms with E-state index < -0.39 is 90.5 Å². The van der Waals surface area contributed by atoms with Crippen LogP contribution in [0, 0.1) is 0 Å². The van der Waals surface area contributed by atoms with Crippen molar-refractivity contribution in [3.63, 3.8) is 0 Å². The molecule has 0 aromatic heterocycles. The van der Waals surface area contributed by atoms with E-state index in [2.05, 4.69) is 29.5 Å². The van der Waals surface area contributed by atoms with Crippen LogP contribution in [0.2, 0.25) is 0 Å². The summed E-state index contributed by atoms with van der Waals surface area (Å²) in [5.74, 6) is -3.22. The van der Waals surface area contributed by atoms with E-state index in [0.717, 1.165) is 22.0 Å². The summed E-state index contributed by atoms with van der Waals surface area (Å²) < 4.78 is 63.9. The second kappa shape index (κ2) is 13.3. The largest absolute Gasteiger partial charge is 0.466 e. The number of carbonyl (C=O) groups is 1. The maximum absolute atomic E-state index is 12.9. The number of rotatable bonds is 9. The van der Waals surface area contributed by atoms with Crippen LogP contribution in [-0.2, 0) is 52.2 Å². The quantitative estimate of drug-likeness (QED) is 0.157. The minimum Gasteiger partial charge on any atom is -0.466 e. The normalized spacial score (nSPS) is 42.9. The van der Waals surface area contributed by atoms with E-state index in [1.54, 1.807) is 19.9 Å². The van der Waals surface area contributed by atoms with E-state index in [0.29, 0.717) is 12.2 Å². The van der Waals surface area contributed by atoms with Crippen molar-refractivity contribution in [3.05, 3.63) is 33.0 Å². The summed E-state index contributed by atoms with van der Waals surface area (Å²) >= 11 is 2.26. The summed E-state index contributed by atoms with van der Waals surface area (Å²) in [6, 6.07) is 0. The number of methoxy groups -OCH3 is 1. The number of esters is 1. The van der Waals surface area contributed by atoms with Crippen molar-refractivity contribution in [2.75, 3.05) is 13.7 Å². The Kier molecular flexibility index (Phi) is 10.1. The number of halogens is 1. The maximum Gasteiger partial charge on any atom is 0.336 e. The molecule has 264 valence electrons. The standard InChI is InChI=1S/C34H49IO12/c1-10-11-12-39-20-14-17(31(37)38-9)24-29(46-33(5,6)43-24)26(20)41-21-15-18(35)25-30(47-34(7,8)44-25)27(21)40-19-13-16(2)23-28(22(19)36)45-32(3,4)42-23/h13-15,19-30,36H,10-12H2,1-9H3/t19-,20-,21-,22+,23+,24+,25+,26+,27+,28-,29+,30+/m0/s1. The Morgan fingerprint density at radius 3 is 1.98 bits per heavy atom. The van der Waals surface area contributed by atoms with Crippen LogP contribution in [0.25, 0.3) is 0 Å². The molecule has 6 rings (SSSR count). The van der Waals surface area contributed by atoms with Crippen molar-refractivity contribution in [1.82, 2.24) is 0 Å². The van der Waals surface area contributed by atoms with Crippen LogP contribution in [0.4, 0.5) is 0 Å². The molecule has 3 fully saturated rings. The molecule has 47 heavy (non-hydrogen) atoms. The number of ether oxygens (including phenoxy) is 10. The average molecular weight is 777 g/mol. The lowest BCUT2D eigenvalue weighted by Gasteiger charge is -2.43. The summed E-state index contributed by atoms with van der Waals surface area (Å²) in [5, 5.41) is 11.6. The van der Waals surface area contributed by atoms with Gasteiger partial charge in [0.05, 0.1) is 12.7 Å². The van der Waals surface area contributed by atoms with Gasteiger partial charge >= 0.3 is 5.97 Å². The van der Waals surface area contributed by atoms with E-state index in [9.17, 15) is 9.90 Å². The fourth-order valence-electron chi connectivity index (χ4n) is 7.35. The van der Waals surface area contributed by atoms with Crippen LogP contribution in [-0.4, -0.2) is 115 Å². The Morgan fingerprint density at radius 2 is 1.34 bits per heavy atom. The zero-order chi connectivity index (χ0) is 34.1. The molecular formula is C34H49IO12. The average Bonchev–Trinajstić information content (AvgIpc) is 3.62. The molecule has 0 spiro atoms. The van der Waals surface area contributed by atoms with Gasteiger partial charge in [0.25, 0.3) is 0 Å². The minimum absolute atomic E-state index is 0.336. The highest BCUT2D eigenvalue weighted by Crippen LogP contribution is 2.46. The zero-order valence-corrected chi connectivity index (χ0v) is 30.8. The number of carbonyl (C=O) groups excluding carboxylic acids is 1. The van der Waals surface area contributed by atoms with E-state index in [-0.39, 0.29) is 6.10 Å². The van der Waals surface area contributed by atoms with Crippen molar-refractivity contribution >= 4 is 28.6 Å². The number of aliphatic hydroxyl groups is 1. The summed E-state index contributed by atoms with van der Waals surface area (Å²) in [7, 11) is 1.34. The molecule has 12 nitrogen and oxygen atoms in total. The number of aliphatic hydroxyl groups excluding tert-OH is 1. The molecule has 0 unspecified atom stereocenters. The predicted molar refractivity (Wildman–Crippen MR) is 175 cm³/mol. The molecule has 3 aliphatic carbocycles. The molecule has 13 heteroatoms. The molecule has 1 N–H and O–H groups in total. The molecule has 0 aromatic rings. The fourth-order valence-corrected chi connectivity index (χ4v) is 8.18. The van der Waals surface area contributed by atoms with Gasteiger partial charge in [-0.05, 0) is 95.2 Å². The molecule has 3 heterocycles. The van der Waals surface area contributed by atoms with Gasteiger partial charge in [-0.2, -0.15) is 0 Å². The number of unbranched alkanes of at least 4 members (excludes halogenated alkanes) is 1. The van der Waals surface area contributed by atoms with Gasteiger partial charge in [0, 0.05) is 10.2 Å². The summed E-state index contributed by atoms with van der Waals surface area (Å²) in [6.45, 7) is 15.5. The lowest BCUT2D eigenvalue weighted by molar-refractivity contribution is -0.220. The highest BCUT2D eigenvalue weighted by molar-refractivity contribution is 14.1. The highest BCUT2D eigenvalue weighted by Gasteiger charge is 2.58. The Bertz CT molecular complexity index is 1290. The maximum atomic E-state index is 12.9. The molecule has 6 aliphatic rings. The van der Waals surface area contributed by atoms with Crippen LogP contribution in [0.15, 0.2) is 33.0 Å². The van der Waals surface area contributed by atoms with Crippen LogP contribution in [0.5, 0.6) is 0 Å². The third kappa shape index (κ3) is 7.14. The Morgan fingerprint density at radius 1 is 0.787 bits per heavy atom. The molecular weight excluding hydrogens is 727 g/mol. The van der Waals surface area contributed by atoms with Crippen LogP contribution >= 0.6 is 22.6 Å².